The van der Waals surface area contributed by atoms with E-state index >= 15 is 0 Å². The van der Waals surface area contributed by atoms with Gasteiger partial charge >= 0.3 is 0 Å². The largest absolute Gasteiger partial charge is 0.383 e. The van der Waals surface area contributed by atoms with E-state index in [0.717, 1.165) is 11.1 Å². The monoisotopic (exact) mass is 149 g/mol. The Bertz CT molecular complexity index is 279. The van der Waals surface area contributed by atoms with E-state index in [1.807, 2.05) is 13.0 Å². The Morgan fingerprint density at radius 2 is 2.36 bits per heavy atom. The molecule has 1 rings (SSSR count). The molecule has 11 heavy (non-hydrogen) atoms. The molecule has 0 atom stereocenters. The minimum atomic E-state index is 0.529. The zero-order valence-electron chi connectivity index (χ0n) is 6.70. The number of hydrogen-bond acceptors (Lipinski definition) is 3. The van der Waals surface area contributed by atoms with Crippen LogP contribution in [0.2, 0.25) is 0 Å². The SMILES string of the molecule is C/N=C\c1cc(C)cnc1N. The summed E-state index contributed by atoms with van der Waals surface area (Å²) >= 11 is 0. The molecule has 3 nitrogen and oxygen atoms in total. The van der Waals surface area contributed by atoms with E-state index in [1.54, 1.807) is 19.5 Å². The molecule has 1 aromatic rings. The molecule has 0 spiro atoms. The molecule has 0 aromatic carbocycles. The van der Waals surface area contributed by atoms with Gasteiger partial charge in [0.2, 0.25) is 0 Å². The molecule has 1 heterocycles. The quantitative estimate of drug-likeness (QED) is 0.606. The Morgan fingerprint density at radius 1 is 1.64 bits per heavy atom. The van der Waals surface area contributed by atoms with E-state index in [1.165, 1.54) is 0 Å². The predicted octanol–water partition coefficient (Wildman–Crippen LogP) is 1.02. The van der Waals surface area contributed by atoms with Crippen molar-refractivity contribution >= 4 is 12.0 Å². The first-order valence-electron chi connectivity index (χ1n) is 3.38. The second-order valence-corrected chi connectivity index (χ2v) is 2.37. The molecule has 58 valence electrons. The number of aromatic nitrogens is 1. The van der Waals surface area contributed by atoms with Crippen LogP contribution >= 0.6 is 0 Å². The molecule has 0 aliphatic carbocycles. The number of hydrogen-bond donors (Lipinski definition) is 1. The maximum atomic E-state index is 5.57. The highest BCUT2D eigenvalue weighted by Crippen LogP contribution is 2.06. The lowest BCUT2D eigenvalue weighted by Crippen LogP contribution is -1.96. The van der Waals surface area contributed by atoms with E-state index in [4.69, 9.17) is 5.73 Å². The fraction of sp³-hybridized carbons (Fsp3) is 0.250. The highest BCUT2D eigenvalue weighted by molar-refractivity contribution is 5.85. The number of nitrogens with two attached hydrogens (primary N) is 1. The number of nitrogen functional groups attached to an aromatic ring is 1. The van der Waals surface area contributed by atoms with Crippen molar-refractivity contribution in [2.75, 3.05) is 12.8 Å². The summed E-state index contributed by atoms with van der Waals surface area (Å²) in [4.78, 5) is 7.85. The third kappa shape index (κ3) is 1.77. The van der Waals surface area contributed by atoms with Crippen LogP contribution in [0.5, 0.6) is 0 Å². The van der Waals surface area contributed by atoms with Crippen molar-refractivity contribution in [1.82, 2.24) is 4.98 Å². The standard InChI is InChI=1S/C8H11N3/c1-6-3-7(5-10-2)8(9)11-4-6/h3-5H,1-2H3,(H2,9,11)/b10-5-. The van der Waals surface area contributed by atoms with Gasteiger partial charge in [-0.05, 0) is 18.6 Å². The van der Waals surface area contributed by atoms with Crippen molar-refractivity contribution in [1.29, 1.82) is 0 Å². The predicted molar refractivity (Wildman–Crippen MR) is 46.9 cm³/mol. The van der Waals surface area contributed by atoms with Gasteiger partial charge < -0.3 is 5.73 Å². The first kappa shape index (κ1) is 7.72. The van der Waals surface area contributed by atoms with Crippen molar-refractivity contribution in [2.24, 2.45) is 4.99 Å². The zero-order chi connectivity index (χ0) is 8.27. The molecule has 1 aromatic heterocycles. The number of aliphatic imine (C=N–C) groups is 1. The maximum Gasteiger partial charge on any atom is 0.132 e. The van der Waals surface area contributed by atoms with Gasteiger partial charge in [0.05, 0.1) is 0 Å². The van der Waals surface area contributed by atoms with Crippen LogP contribution in [0.4, 0.5) is 5.82 Å². The Balaban J connectivity index is 3.12. The molecule has 0 saturated carbocycles. The minimum Gasteiger partial charge on any atom is -0.383 e. The van der Waals surface area contributed by atoms with Gasteiger partial charge in [-0.15, -0.1) is 0 Å². The van der Waals surface area contributed by atoms with E-state index in [2.05, 4.69) is 9.98 Å². The first-order chi connectivity index (χ1) is 5.24. The lowest BCUT2D eigenvalue weighted by molar-refractivity contribution is 1.27. The van der Waals surface area contributed by atoms with Crippen LogP contribution < -0.4 is 5.73 Å². The summed E-state index contributed by atoms with van der Waals surface area (Å²) in [6.45, 7) is 1.97. The average molecular weight is 149 g/mol. The van der Waals surface area contributed by atoms with Crippen LogP contribution in [0.3, 0.4) is 0 Å². The van der Waals surface area contributed by atoms with E-state index in [0.29, 0.717) is 5.82 Å². The van der Waals surface area contributed by atoms with Crippen molar-refractivity contribution in [3.05, 3.63) is 23.4 Å². The maximum absolute atomic E-state index is 5.57. The molecule has 2 N–H and O–H groups in total. The van der Waals surface area contributed by atoms with Gasteiger partial charge in [0.1, 0.15) is 5.82 Å². The highest BCUT2D eigenvalue weighted by Gasteiger charge is 1.95. The van der Waals surface area contributed by atoms with Crippen molar-refractivity contribution < 1.29 is 0 Å². The molecule has 0 aliphatic heterocycles. The fourth-order valence-corrected chi connectivity index (χ4v) is 0.845. The fourth-order valence-electron chi connectivity index (χ4n) is 0.845. The van der Waals surface area contributed by atoms with Gasteiger partial charge in [0.15, 0.2) is 0 Å². The Labute approximate surface area is 66.0 Å². The first-order valence-corrected chi connectivity index (χ1v) is 3.38. The summed E-state index contributed by atoms with van der Waals surface area (Å²) in [6.07, 6.45) is 3.44. The summed E-state index contributed by atoms with van der Waals surface area (Å²) in [5, 5.41) is 0. The molecule has 0 amide bonds. The summed E-state index contributed by atoms with van der Waals surface area (Å²) in [7, 11) is 1.71. The van der Waals surface area contributed by atoms with E-state index in [-0.39, 0.29) is 0 Å². The van der Waals surface area contributed by atoms with Crippen LogP contribution in [0.25, 0.3) is 0 Å². The topological polar surface area (TPSA) is 51.3 Å². The zero-order valence-corrected chi connectivity index (χ0v) is 6.70. The minimum absolute atomic E-state index is 0.529. The van der Waals surface area contributed by atoms with Crippen molar-refractivity contribution in [2.45, 2.75) is 6.92 Å². The molecular weight excluding hydrogens is 138 g/mol. The molecule has 0 aliphatic rings. The Morgan fingerprint density at radius 3 is 3.00 bits per heavy atom. The van der Waals surface area contributed by atoms with Crippen LogP contribution in [-0.2, 0) is 0 Å². The van der Waals surface area contributed by atoms with Crippen molar-refractivity contribution in [3.63, 3.8) is 0 Å². The smallest absolute Gasteiger partial charge is 0.132 e. The summed E-state index contributed by atoms with van der Waals surface area (Å²) in [5.74, 6) is 0.529. The van der Waals surface area contributed by atoms with Crippen LogP contribution in [-0.4, -0.2) is 18.2 Å². The Kier molecular flexibility index (Phi) is 2.21. The van der Waals surface area contributed by atoms with Gasteiger partial charge in [0, 0.05) is 25.0 Å². The molecule has 0 fully saturated rings. The molecule has 0 bridgehead atoms. The second kappa shape index (κ2) is 3.14. The number of pyridine rings is 1. The number of aryl methyl sites for hydroxylation is 1. The normalized spacial score (nSPS) is 10.7. The van der Waals surface area contributed by atoms with Crippen molar-refractivity contribution in [3.8, 4) is 0 Å². The molecule has 0 unspecified atom stereocenters. The third-order valence-electron chi connectivity index (χ3n) is 1.35. The average Bonchev–Trinajstić information content (AvgIpc) is 1.98. The third-order valence-corrected chi connectivity index (χ3v) is 1.35. The second-order valence-electron chi connectivity index (χ2n) is 2.37. The lowest BCUT2D eigenvalue weighted by atomic mass is 10.2. The van der Waals surface area contributed by atoms with Gasteiger partial charge in [-0.3, -0.25) is 4.99 Å². The number of nitrogens with zero attached hydrogens (tertiary/aromatic N) is 2. The lowest BCUT2D eigenvalue weighted by Gasteiger charge is -1.98. The number of anilines is 1. The van der Waals surface area contributed by atoms with Gasteiger partial charge in [0.25, 0.3) is 0 Å². The summed E-state index contributed by atoms with van der Waals surface area (Å²) in [5.41, 5.74) is 7.55. The summed E-state index contributed by atoms with van der Waals surface area (Å²) < 4.78 is 0. The molecule has 0 saturated heterocycles. The van der Waals surface area contributed by atoms with Crippen LogP contribution in [0, 0.1) is 6.92 Å². The summed E-state index contributed by atoms with van der Waals surface area (Å²) in [6, 6.07) is 1.95. The van der Waals surface area contributed by atoms with Gasteiger partial charge in [-0.2, -0.15) is 0 Å². The van der Waals surface area contributed by atoms with Crippen LogP contribution in [0.1, 0.15) is 11.1 Å². The van der Waals surface area contributed by atoms with E-state index in [9.17, 15) is 0 Å². The van der Waals surface area contributed by atoms with Gasteiger partial charge in [-0.1, -0.05) is 0 Å². The highest BCUT2D eigenvalue weighted by atomic mass is 14.8. The van der Waals surface area contributed by atoms with Gasteiger partial charge in [-0.25, -0.2) is 4.98 Å². The molecular formula is C8H11N3. The number of rotatable bonds is 1. The molecule has 3 heteroatoms. The Hall–Kier alpha value is -1.38. The van der Waals surface area contributed by atoms with Crippen LogP contribution in [0.15, 0.2) is 17.3 Å². The van der Waals surface area contributed by atoms with E-state index < -0.39 is 0 Å². The molecule has 0 radical (unpaired) electrons.